The van der Waals surface area contributed by atoms with Crippen LogP contribution in [0, 0.1) is 0 Å². The molecule has 0 aliphatic carbocycles. The quantitative estimate of drug-likeness (QED) is 0.354. The second-order valence-electron chi connectivity index (χ2n) is 8.67. The van der Waals surface area contributed by atoms with Crippen LogP contribution in [0.1, 0.15) is 24.1 Å². The highest BCUT2D eigenvalue weighted by atomic mass is 16.5. The van der Waals surface area contributed by atoms with Gasteiger partial charge in [-0.1, -0.05) is 30.3 Å². The number of hydrogen-bond donors (Lipinski definition) is 2. The monoisotopic (exact) mass is 475 g/mol. The topological polar surface area (TPSA) is 124 Å². The molecule has 0 spiro atoms. The molecule has 0 atom stereocenters. The third kappa shape index (κ3) is 5.18. The van der Waals surface area contributed by atoms with Crippen LogP contribution in [0.3, 0.4) is 0 Å². The fraction of sp³-hybridized carbons (Fsp3) is 0.360. The molecule has 4 aromatic rings. The molecule has 4 heterocycles. The lowest BCUT2D eigenvalue weighted by Gasteiger charge is -2.14. The number of rotatable bonds is 9. The van der Waals surface area contributed by atoms with Gasteiger partial charge in [0.05, 0.1) is 18.8 Å². The van der Waals surface area contributed by atoms with Crippen LogP contribution in [-0.2, 0) is 17.8 Å². The van der Waals surface area contributed by atoms with Crippen LogP contribution >= 0.6 is 0 Å². The van der Waals surface area contributed by atoms with Crippen molar-refractivity contribution >= 4 is 17.0 Å². The van der Waals surface area contributed by atoms with Gasteiger partial charge in [-0.2, -0.15) is 9.97 Å². The number of H-pyrrole nitrogens is 1. The van der Waals surface area contributed by atoms with Crippen LogP contribution in [-0.4, -0.2) is 62.8 Å². The van der Waals surface area contributed by atoms with E-state index in [1.54, 1.807) is 7.11 Å². The smallest absolute Gasteiger partial charge is 0.328 e. The number of aromatic amines is 1. The third-order valence-corrected chi connectivity index (χ3v) is 6.19. The van der Waals surface area contributed by atoms with Crippen molar-refractivity contribution in [3.63, 3.8) is 0 Å². The Morgan fingerprint density at radius 1 is 1.00 bits per heavy atom. The number of benzene rings is 1. The highest BCUT2D eigenvalue weighted by Crippen LogP contribution is 2.22. The molecule has 3 N–H and O–H groups in total. The molecule has 182 valence electrons. The molecule has 1 aromatic carbocycles. The maximum Gasteiger partial charge on any atom is 0.328 e. The second-order valence-corrected chi connectivity index (χ2v) is 8.67. The summed E-state index contributed by atoms with van der Waals surface area (Å²) in [5.74, 6) is 0.161. The van der Waals surface area contributed by atoms with Gasteiger partial charge in [-0.15, -0.1) is 0 Å². The molecule has 1 aliphatic heterocycles. The van der Waals surface area contributed by atoms with E-state index in [2.05, 4.69) is 37.0 Å². The zero-order valence-corrected chi connectivity index (χ0v) is 19.7. The number of methoxy groups -OCH3 is 1. The normalized spacial score (nSPS) is 14.1. The third-order valence-electron chi connectivity index (χ3n) is 6.19. The minimum absolute atomic E-state index is 0.107. The Morgan fingerprint density at radius 3 is 2.49 bits per heavy atom. The molecule has 1 aliphatic rings. The molecule has 1 saturated heterocycles. The Labute approximate surface area is 202 Å². The van der Waals surface area contributed by atoms with Crippen molar-refractivity contribution in [3.8, 4) is 17.1 Å². The van der Waals surface area contributed by atoms with E-state index in [1.165, 1.54) is 17.4 Å². The van der Waals surface area contributed by atoms with E-state index < -0.39 is 0 Å². The number of nitrogens with zero attached hydrogens (tertiary/aromatic N) is 5. The molecule has 0 saturated carbocycles. The highest BCUT2D eigenvalue weighted by molar-refractivity contribution is 5.82. The van der Waals surface area contributed by atoms with Crippen molar-refractivity contribution in [2.24, 2.45) is 0 Å². The molecule has 3 aromatic heterocycles. The van der Waals surface area contributed by atoms with Gasteiger partial charge in [-0.05, 0) is 43.1 Å². The van der Waals surface area contributed by atoms with Gasteiger partial charge in [0.2, 0.25) is 0 Å². The van der Waals surface area contributed by atoms with Crippen molar-refractivity contribution < 1.29 is 9.47 Å². The summed E-state index contributed by atoms with van der Waals surface area (Å²) in [6.07, 6.45) is 4.48. The summed E-state index contributed by atoms with van der Waals surface area (Å²) >= 11 is 0. The molecule has 1 fully saturated rings. The lowest BCUT2D eigenvalue weighted by Crippen LogP contribution is -2.18. The van der Waals surface area contributed by atoms with Gasteiger partial charge in [0, 0.05) is 25.4 Å². The van der Waals surface area contributed by atoms with Crippen LogP contribution in [0.2, 0.25) is 0 Å². The SMILES string of the molecule is COCCOc1nc(N)c2[nH]c(=O)n(Cc3ccc(-c4ccc(CN5CCCC5)nc4)cc3)c2n1. The number of ether oxygens (including phenoxy) is 2. The first-order valence-corrected chi connectivity index (χ1v) is 11.7. The highest BCUT2D eigenvalue weighted by Gasteiger charge is 2.15. The molecule has 10 nitrogen and oxygen atoms in total. The van der Waals surface area contributed by atoms with Gasteiger partial charge in [0.1, 0.15) is 12.1 Å². The molecular weight excluding hydrogens is 446 g/mol. The number of imidazole rings is 1. The Morgan fingerprint density at radius 2 is 1.77 bits per heavy atom. The van der Waals surface area contributed by atoms with Gasteiger partial charge in [-0.25, -0.2) is 4.79 Å². The van der Waals surface area contributed by atoms with E-state index in [0.717, 1.165) is 42.0 Å². The number of hydrogen-bond acceptors (Lipinski definition) is 8. The Bertz CT molecular complexity index is 1340. The largest absolute Gasteiger partial charge is 0.461 e. The van der Waals surface area contributed by atoms with Gasteiger partial charge in [-0.3, -0.25) is 14.5 Å². The molecule has 10 heteroatoms. The Balaban J connectivity index is 1.32. The van der Waals surface area contributed by atoms with E-state index in [4.69, 9.17) is 15.2 Å². The number of nitrogen functional groups attached to an aromatic ring is 1. The van der Waals surface area contributed by atoms with E-state index >= 15 is 0 Å². The van der Waals surface area contributed by atoms with Gasteiger partial charge in [0.15, 0.2) is 11.5 Å². The standard InChI is InChI=1S/C25H29N7O3/c1-34-12-13-35-24-29-22(26)21-23(30-24)32(25(33)28-21)15-17-4-6-18(7-5-17)19-8-9-20(27-14-19)16-31-10-2-3-11-31/h4-9,14H,2-3,10-13,15-16H2,1H3,(H,28,33)(H2,26,29,30). The number of aromatic nitrogens is 5. The summed E-state index contributed by atoms with van der Waals surface area (Å²) in [4.78, 5) is 31.0. The number of nitrogens with two attached hydrogens (primary N) is 1. The van der Waals surface area contributed by atoms with E-state index in [0.29, 0.717) is 24.3 Å². The first-order valence-electron chi connectivity index (χ1n) is 11.7. The van der Waals surface area contributed by atoms with Gasteiger partial charge in [0.25, 0.3) is 0 Å². The van der Waals surface area contributed by atoms with Gasteiger partial charge >= 0.3 is 11.7 Å². The summed E-state index contributed by atoms with van der Waals surface area (Å²) < 4.78 is 12.0. The molecule has 0 bridgehead atoms. The Kier molecular flexibility index (Phi) is 6.73. The van der Waals surface area contributed by atoms with Gasteiger partial charge < -0.3 is 20.2 Å². The molecule has 35 heavy (non-hydrogen) atoms. The Hall–Kier alpha value is -3.76. The van der Waals surface area contributed by atoms with Crippen molar-refractivity contribution in [1.29, 1.82) is 0 Å². The van der Waals surface area contributed by atoms with Crippen LogP contribution < -0.4 is 16.2 Å². The fourth-order valence-electron chi connectivity index (χ4n) is 4.30. The predicted octanol–water partition coefficient (Wildman–Crippen LogP) is 2.43. The molecular formula is C25H29N7O3. The number of nitrogens with one attached hydrogen (secondary N) is 1. The first kappa shape index (κ1) is 23.0. The molecule has 0 unspecified atom stereocenters. The van der Waals surface area contributed by atoms with Crippen molar-refractivity contribution in [2.75, 3.05) is 39.1 Å². The zero-order valence-electron chi connectivity index (χ0n) is 19.7. The van der Waals surface area contributed by atoms with Crippen molar-refractivity contribution in [2.45, 2.75) is 25.9 Å². The predicted molar refractivity (Wildman–Crippen MR) is 133 cm³/mol. The number of pyridine rings is 1. The fourth-order valence-corrected chi connectivity index (χ4v) is 4.30. The zero-order chi connectivity index (χ0) is 24.2. The lowest BCUT2D eigenvalue weighted by atomic mass is 10.1. The number of fused-ring (bicyclic) bond motifs is 1. The second kappa shape index (κ2) is 10.2. The van der Waals surface area contributed by atoms with Crippen LogP contribution in [0.4, 0.5) is 5.82 Å². The minimum Gasteiger partial charge on any atom is -0.461 e. The van der Waals surface area contributed by atoms with Crippen LogP contribution in [0.5, 0.6) is 6.01 Å². The van der Waals surface area contributed by atoms with Crippen molar-refractivity contribution in [1.82, 2.24) is 29.4 Å². The first-order chi connectivity index (χ1) is 17.1. The minimum atomic E-state index is -0.308. The van der Waals surface area contributed by atoms with E-state index in [9.17, 15) is 4.79 Å². The summed E-state index contributed by atoms with van der Waals surface area (Å²) in [5, 5.41) is 0. The van der Waals surface area contributed by atoms with Crippen molar-refractivity contribution in [3.05, 3.63) is 64.3 Å². The average Bonchev–Trinajstić information content (AvgIpc) is 3.49. The average molecular weight is 476 g/mol. The summed E-state index contributed by atoms with van der Waals surface area (Å²) in [6, 6.07) is 12.4. The van der Waals surface area contributed by atoms with Crippen LogP contribution in [0.25, 0.3) is 22.3 Å². The molecule has 0 amide bonds. The summed E-state index contributed by atoms with van der Waals surface area (Å²) in [6.45, 7) is 4.23. The van der Waals surface area contributed by atoms with E-state index in [-0.39, 0.29) is 24.1 Å². The number of likely N-dealkylation sites (tertiary alicyclic amines) is 1. The molecule has 5 rings (SSSR count). The lowest BCUT2D eigenvalue weighted by molar-refractivity contribution is 0.141. The maximum atomic E-state index is 12.6. The maximum absolute atomic E-state index is 12.6. The molecule has 0 radical (unpaired) electrons. The number of anilines is 1. The summed E-state index contributed by atoms with van der Waals surface area (Å²) in [5.41, 5.74) is 10.7. The van der Waals surface area contributed by atoms with E-state index in [1.807, 2.05) is 30.5 Å². The summed E-state index contributed by atoms with van der Waals surface area (Å²) in [7, 11) is 1.58. The van der Waals surface area contributed by atoms with Crippen LogP contribution in [0.15, 0.2) is 47.4 Å².